The van der Waals surface area contributed by atoms with E-state index in [2.05, 4.69) is 19.9 Å². The molecule has 0 spiro atoms. The Morgan fingerprint density at radius 3 is 2.42 bits per heavy atom. The predicted molar refractivity (Wildman–Crippen MR) is 71.3 cm³/mol. The molecule has 19 heavy (non-hydrogen) atoms. The molecular weight excluding hydrogens is 240 g/mol. The lowest BCUT2D eigenvalue weighted by atomic mass is 10.2. The first-order chi connectivity index (χ1) is 9.33. The molecule has 5 nitrogen and oxygen atoms in total. The molecule has 3 rings (SSSR count). The highest BCUT2D eigenvalue weighted by Gasteiger charge is 2.06. The smallest absolute Gasteiger partial charge is 0.290 e. The van der Waals surface area contributed by atoms with Gasteiger partial charge in [-0.1, -0.05) is 30.3 Å². The minimum Gasteiger partial charge on any atom is -0.290 e. The second kappa shape index (κ2) is 4.81. The second-order valence-corrected chi connectivity index (χ2v) is 3.93. The third-order valence-corrected chi connectivity index (χ3v) is 2.62. The van der Waals surface area contributed by atoms with E-state index in [9.17, 15) is 4.79 Å². The van der Waals surface area contributed by atoms with Crippen LogP contribution in [-0.4, -0.2) is 19.9 Å². The molecule has 0 unspecified atom stereocenters. The molecule has 0 radical (unpaired) electrons. The van der Waals surface area contributed by atoms with Gasteiger partial charge in [0.05, 0.1) is 0 Å². The lowest BCUT2D eigenvalue weighted by molar-refractivity contribution is 1.00. The van der Waals surface area contributed by atoms with Gasteiger partial charge in [-0.3, -0.25) is 9.97 Å². The number of aromatic amines is 1. The highest BCUT2D eigenvalue weighted by Crippen LogP contribution is 2.16. The molecule has 1 N–H and O–H groups in total. The molecule has 0 saturated carbocycles. The van der Waals surface area contributed by atoms with Gasteiger partial charge in [0.25, 0.3) is 0 Å². The van der Waals surface area contributed by atoms with Gasteiger partial charge in [0.1, 0.15) is 5.82 Å². The fourth-order valence-electron chi connectivity index (χ4n) is 1.74. The number of pyridine rings is 1. The van der Waals surface area contributed by atoms with E-state index in [4.69, 9.17) is 0 Å². The number of nitrogens with one attached hydrogen (secondary N) is 1. The van der Waals surface area contributed by atoms with Crippen LogP contribution in [0.4, 0.5) is 0 Å². The maximum Gasteiger partial charge on any atom is 0.348 e. The van der Waals surface area contributed by atoms with E-state index < -0.39 is 5.69 Å². The van der Waals surface area contributed by atoms with Gasteiger partial charge in [-0.15, -0.1) is 0 Å². The average Bonchev–Trinajstić information content (AvgIpc) is 2.48. The fourth-order valence-corrected chi connectivity index (χ4v) is 1.74. The molecule has 0 aliphatic carbocycles. The normalized spacial score (nSPS) is 10.3. The molecule has 0 aliphatic rings. The van der Waals surface area contributed by atoms with E-state index in [1.165, 1.54) is 0 Å². The summed E-state index contributed by atoms with van der Waals surface area (Å²) < 4.78 is 0. The minimum atomic E-state index is -0.423. The third kappa shape index (κ3) is 2.40. The topological polar surface area (TPSA) is 71.5 Å². The van der Waals surface area contributed by atoms with Crippen LogP contribution in [0.15, 0.2) is 59.7 Å². The Hall–Kier alpha value is -2.82. The maximum absolute atomic E-state index is 11.6. The first-order valence-corrected chi connectivity index (χ1v) is 5.77. The second-order valence-electron chi connectivity index (χ2n) is 3.93. The van der Waals surface area contributed by atoms with E-state index in [1.807, 2.05) is 36.4 Å². The quantitative estimate of drug-likeness (QED) is 0.754. The number of rotatable bonds is 2. The summed E-state index contributed by atoms with van der Waals surface area (Å²) in [5.41, 5.74) is 1.13. The standard InChI is InChI=1S/C14H10N4O/c19-14-17-12(10-5-2-1-3-6-10)16-13(18-14)11-7-4-8-15-9-11/h1-9H,(H,16,17,18,19). The van der Waals surface area contributed by atoms with Crippen LogP contribution in [0.1, 0.15) is 0 Å². The molecule has 0 bridgehead atoms. The zero-order valence-electron chi connectivity index (χ0n) is 9.95. The van der Waals surface area contributed by atoms with E-state index in [0.29, 0.717) is 17.2 Å². The minimum absolute atomic E-state index is 0.371. The van der Waals surface area contributed by atoms with Crippen molar-refractivity contribution in [2.24, 2.45) is 0 Å². The third-order valence-electron chi connectivity index (χ3n) is 2.62. The van der Waals surface area contributed by atoms with Crippen molar-refractivity contribution in [3.63, 3.8) is 0 Å². The molecule has 3 aromatic rings. The number of benzene rings is 1. The van der Waals surface area contributed by atoms with Gasteiger partial charge < -0.3 is 0 Å². The Kier molecular flexibility index (Phi) is 2.86. The van der Waals surface area contributed by atoms with Crippen LogP contribution in [0.5, 0.6) is 0 Å². The first-order valence-electron chi connectivity index (χ1n) is 5.77. The molecule has 0 saturated heterocycles. The number of hydrogen-bond donors (Lipinski definition) is 1. The van der Waals surface area contributed by atoms with E-state index in [-0.39, 0.29) is 0 Å². The molecular formula is C14H10N4O. The highest BCUT2D eigenvalue weighted by atomic mass is 16.1. The summed E-state index contributed by atoms with van der Waals surface area (Å²) in [4.78, 5) is 26.5. The summed E-state index contributed by atoms with van der Waals surface area (Å²) in [5.74, 6) is 0.871. The van der Waals surface area contributed by atoms with E-state index in [1.54, 1.807) is 18.5 Å². The maximum atomic E-state index is 11.6. The van der Waals surface area contributed by atoms with Crippen molar-refractivity contribution in [3.05, 3.63) is 65.3 Å². The molecule has 2 aromatic heterocycles. The van der Waals surface area contributed by atoms with Crippen molar-refractivity contribution in [2.75, 3.05) is 0 Å². The molecule has 1 aromatic carbocycles. The highest BCUT2D eigenvalue weighted by molar-refractivity contribution is 5.59. The lowest BCUT2D eigenvalue weighted by Gasteiger charge is -2.03. The SMILES string of the molecule is O=c1nc(-c2cccnc2)nc(-c2ccccc2)[nH]1. The van der Waals surface area contributed by atoms with Crippen LogP contribution >= 0.6 is 0 Å². The van der Waals surface area contributed by atoms with Crippen LogP contribution in [0.25, 0.3) is 22.8 Å². The molecule has 92 valence electrons. The van der Waals surface area contributed by atoms with Crippen LogP contribution in [0.2, 0.25) is 0 Å². The summed E-state index contributed by atoms with van der Waals surface area (Å²) in [5, 5.41) is 0. The van der Waals surface area contributed by atoms with Crippen LogP contribution in [-0.2, 0) is 0 Å². The van der Waals surface area contributed by atoms with Crippen LogP contribution in [0.3, 0.4) is 0 Å². The van der Waals surface area contributed by atoms with Crippen molar-refractivity contribution in [1.29, 1.82) is 0 Å². The van der Waals surface area contributed by atoms with Crippen LogP contribution < -0.4 is 5.69 Å². The zero-order valence-corrected chi connectivity index (χ0v) is 9.95. The number of hydrogen-bond acceptors (Lipinski definition) is 4. The Balaban J connectivity index is 2.15. The van der Waals surface area contributed by atoms with Gasteiger partial charge in [0.2, 0.25) is 0 Å². The number of H-pyrrole nitrogens is 1. The zero-order chi connectivity index (χ0) is 13.1. The van der Waals surface area contributed by atoms with Gasteiger partial charge in [-0.25, -0.2) is 9.78 Å². The molecule has 0 fully saturated rings. The summed E-state index contributed by atoms with van der Waals surface area (Å²) in [6.45, 7) is 0. The first kappa shape index (κ1) is 11.3. The monoisotopic (exact) mass is 250 g/mol. The Labute approximate surface area is 109 Å². The van der Waals surface area contributed by atoms with Crippen molar-refractivity contribution in [1.82, 2.24) is 19.9 Å². The molecule has 2 heterocycles. The lowest BCUT2D eigenvalue weighted by Crippen LogP contribution is -2.14. The van der Waals surface area contributed by atoms with Crippen molar-refractivity contribution in [2.45, 2.75) is 0 Å². The summed E-state index contributed by atoms with van der Waals surface area (Å²) in [6.07, 6.45) is 3.29. The molecule has 0 aliphatic heterocycles. The van der Waals surface area contributed by atoms with Gasteiger partial charge in [-0.2, -0.15) is 4.98 Å². The van der Waals surface area contributed by atoms with E-state index in [0.717, 1.165) is 5.56 Å². The van der Waals surface area contributed by atoms with Crippen LogP contribution in [0, 0.1) is 0 Å². The summed E-state index contributed by atoms with van der Waals surface area (Å²) in [6, 6.07) is 13.0. The Morgan fingerprint density at radius 1 is 0.895 bits per heavy atom. The number of aromatic nitrogens is 4. The van der Waals surface area contributed by atoms with Gasteiger partial charge >= 0.3 is 5.69 Å². The summed E-state index contributed by atoms with van der Waals surface area (Å²) >= 11 is 0. The molecule has 0 atom stereocenters. The Bertz CT molecular complexity index is 677. The molecule has 0 amide bonds. The van der Waals surface area contributed by atoms with Crippen molar-refractivity contribution >= 4 is 0 Å². The Morgan fingerprint density at radius 2 is 1.68 bits per heavy atom. The number of nitrogens with zero attached hydrogens (tertiary/aromatic N) is 3. The van der Waals surface area contributed by atoms with Gasteiger partial charge in [-0.05, 0) is 12.1 Å². The fraction of sp³-hybridized carbons (Fsp3) is 0. The average molecular weight is 250 g/mol. The predicted octanol–water partition coefficient (Wildman–Crippen LogP) is 1.89. The van der Waals surface area contributed by atoms with Gasteiger partial charge in [0, 0.05) is 23.5 Å². The molecule has 5 heteroatoms. The summed E-state index contributed by atoms with van der Waals surface area (Å²) in [7, 11) is 0. The van der Waals surface area contributed by atoms with Crippen molar-refractivity contribution < 1.29 is 0 Å². The van der Waals surface area contributed by atoms with Crippen molar-refractivity contribution in [3.8, 4) is 22.8 Å². The largest absolute Gasteiger partial charge is 0.348 e. The van der Waals surface area contributed by atoms with E-state index >= 15 is 0 Å². The van der Waals surface area contributed by atoms with Gasteiger partial charge in [0.15, 0.2) is 5.82 Å².